The normalized spacial score (nSPS) is 13.9. The fraction of sp³-hybridized carbons (Fsp3) is 0.259. The van der Waals surface area contributed by atoms with E-state index in [1.165, 1.54) is 18.2 Å². The van der Waals surface area contributed by atoms with Gasteiger partial charge < -0.3 is 20.3 Å². The Kier molecular flexibility index (Phi) is 8.05. The van der Waals surface area contributed by atoms with Gasteiger partial charge in [0.15, 0.2) is 0 Å². The molecule has 5 rings (SSSR count). The topological polar surface area (TPSA) is 92.3 Å². The number of carbonyl (C=O) groups excluding carboxylic acids is 1. The second-order valence-corrected chi connectivity index (χ2v) is 9.70. The molecule has 1 aliphatic rings. The zero-order chi connectivity index (χ0) is 26.5. The van der Waals surface area contributed by atoms with Crippen LogP contribution in [0.1, 0.15) is 24.0 Å². The SMILES string of the molecule is O=C(NCc1ccc(F)cc1Cl)OC1CCN(c2nccc3nc(NCc4ccccc4Cl)ncc23)CC1. The summed E-state index contributed by atoms with van der Waals surface area (Å²) in [7, 11) is 0. The molecule has 11 heteroatoms. The number of nitrogens with zero attached hydrogens (tertiary/aromatic N) is 4. The average molecular weight is 555 g/mol. The van der Waals surface area contributed by atoms with Crippen LogP contribution in [0.25, 0.3) is 10.9 Å². The Bertz CT molecular complexity index is 1450. The molecule has 0 unspecified atom stereocenters. The van der Waals surface area contributed by atoms with Crippen LogP contribution in [0.2, 0.25) is 10.0 Å². The van der Waals surface area contributed by atoms with Crippen molar-refractivity contribution in [2.24, 2.45) is 0 Å². The zero-order valence-corrected chi connectivity index (χ0v) is 21.8. The molecule has 1 amide bonds. The van der Waals surface area contributed by atoms with Crippen molar-refractivity contribution in [3.8, 4) is 0 Å². The molecule has 196 valence electrons. The van der Waals surface area contributed by atoms with Crippen LogP contribution in [0.3, 0.4) is 0 Å². The second kappa shape index (κ2) is 11.8. The maximum absolute atomic E-state index is 13.2. The standard InChI is InChI=1S/C27H25Cl2FN6O2/c28-22-4-2-1-3-17(22)14-32-26-33-16-21-24(35-26)7-10-31-25(21)36-11-8-20(9-12-36)38-27(37)34-15-18-5-6-19(30)13-23(18)29/h1-7,10,13,16,20H,8-9,11-12,14-15H2,(H,34,37)(H,32,33,35). The minimum atomic E-state index is -0.530. The number of halogens is 3. The molecule has 0 spiro atoms. The van der Waals surface area contributed by atoms with Gasteiger partial charge in [0.05, 0.1) is 10.9 Å². The zero-order valence-electron chi connectivity index (χ0n) is 20.3. The van der Waals surface area contributed by atoms with E-state index in [0.717, 1.165) is 22.3 Å². The van der Waals surface area contributed by atoms with E-state index >= 15 is 0 Å². The number of hydrogen-bond donors (Lipinski definition) is 2. The van der Waals surface area contributed by atoms with Crippen LogP contribution in [0.15, 0.2) is 60.9 Å². The summed E-state index contributed by atoms with van der Waals surface area (Å²) in [6.07, 6.45) is 4.07. The summed E-state index contributed by atoms with van der Waals surface area (Å²) >= 11 is 12.3. The predicted octanol–water partition coefficient (Wildman–Crippen LogP) is 5.98. The molecule has 1 fully saturated rings. The number of aromatic nitrogens is 3. The van der Waals surface area contributed by atoms with Crippen LogP contribution in [-0.2, 0) is 17.8 Å². The van der Waals surface area contributed by atoms with E-state index in [1.54, 1.807) is 12.4 Å². The number of nitrogens with one attached hydrogen (secondary N) is 2. The van der Waals surface area contributed by atoms with Crippen LogP contribution in [0.5, 0.6) is 0 Å². The van der Waals surface area contributed by atoms with Gasteiger partial charge in [0.25, 0.3) is 0 Å². The molecule has 1 aliphatic heterocycles. The lowest BCUT2D eigenvalue weighted by atomic mass is 10.1. The number of benzene rings is 2. The molecule has 2 aromatic carbocycles. The second-order valence-electron chi connectivity index (χ2n) is 8.89. The fourth-order valence-corrected chi connectivity index (χ4v) is 4.74. The molecule has 0 aliphatic carbocycles. The molecule has 4 aromatic rings. The first-order valence-corrected chi connectivity index (χ1v) is 12.9. The Morgan fingerprint density at radius 3 is 2.61 bits per heavy atom. The molecule has 2 N–H and O–H groups in total. The Balaban J connectivity index is 1.15. The van der Waals surface area contributed by atoms with Crippen LogP contribution in [-0.4, -0.2) is 40.2 Å². The van der Waals surface area contributed by atoms with Crippen molar-refractivity contribution in [3.63, 3.8) is 0 Å². The van der Waals surface area contributed by atoms with Gasteiger partial charge in [-0.1, -0.05) is 47.5 Å². The summed E-state index contributed by atoms with van der Waals surface area (Å²) in [5.74, 6) is 0.884. The number of anilines is 2. The number of hydrogen-bond acceptors (Lipinski definition) is 7. The number of piperidine rings is 1. The molecular formula is C27H25Cl2FN6O2. The fourth-order valence-electron chi connectivity index (χ4n) is 4.31. The molecule has 2 aromatic heterocycles. The quantitative estimate of drug-likeness (QED) is 0.290. The Hall–Kier alpha value is -3.69. The molecule has 0 saturated carbocycles. The number of carbonyl (C=O) groups is 1. The Morgan fingerprint density at radius 1 is 1.03 bits per heavy atom. The van der Waals surface area contributed by atoms with Gasteiger partial charge in [-0.05, 0) is 35.4 Å². The van der Waals surface area contributed by atoms with Crippen LogP contribution in [0, 0.1) is 5.82 Å². The van der Waals surface area contributed by atoms with Crippen LogP contribution in [0.4, 0.5) is 21.0 Å². The van der Waals surface area contributed by atoms with Gasteiger partial charge in [-0.25, -0.2) is 24.1 Å². The number of ether oxygens (including phenoxy) is 1. The van der Waals surface area contributed by atoms with E-state index in [9.17, 15) is 9.18 Å². The maximum atomic E-state index is 13.2. The maximum Gasteiger partial charge on any atom is 0.407 e. The number of rotatable bonds is 7. The van der Waals surface area contributed by atoms with Crippen molar-refractivity contribution < 1.29 is 13.9 Å². The first-order chi connectivity index (χ1) is 18.5. The van der Waals surface area contributed by atoms with E-state index in [0.29, 0.717) is 49.0 Å². The van der Waals surface area contributed by atoms with E-state index < -0.39 is 11.9 Å². The summed E-state index contributed by atoms with van der Waals surface area (Å²) in [4.78, 5) is 28.1. The third-order valence-electron chi connectivity index (χ3n) is 6.34. The van der Waals surface area contributed by atoms with Gasteiger partial charge in [-0.2, -0.15) is 0 Å². The van der Waals surface area contributed by atoms with E-state index in [2.05, 4.69) is 30.5 Å². The van der Waals surface area contributed by atoms with Gasteiger partial charge in [-0.15, -0.1) is 0 Å². The summed E-state index contributed by atoms with van der Waals surface area (Å²) in [6, 6.07) is 13.5. The summed E-state index contributed by atoms with van der Waals surface area (Å²) in [6.45, 7) is 2.01. The van der Waals surface area contributed by atoms with Crippen molar-refractivity contribution in [3.05, 3.63) is 87.9 Å². The van der Waals surface area contributed by atoms with E-state index in [-0.39, 0.29) is 17.7 Å². The molecule has 3 heterocycles. The van der Waals surface area contributed by atoms with E-state index in [1.807, 2.05) is 30.3 Å². The molecule has 0 radical (unpaired) electrons. The predicted molar refractivity (Wildman–Crippen MR) is 146 cm³/mol. The Morgan fingerprint density at radius 2 is 1.82 bits per heavy atom. The van der Waals surface area contributed by atoms with Crippen LogP contribution < -0.4 is 15.5 Å². The first-order valence-electron chi connectivity index (χ1n) is 12.2. The highest BCUT2D eigenvalue weighted by atomic mass is 35.5. The summed E-state index contributed by atoms with van der Waals surface area (Å²) < 4.78 is 18.8. The number of pyridine rings is 1. The summed E-state index contributed by atoms with van der Waals surface area (Å²) in [5, 5.41) is 7.70. The highest BCUT2D eigenvalue weighted by Crippen LogP contribution is 2.27. The van der Waals surface area contributed by atoms with Gasteiger partial charge in [0, 0.05) is 61.5 Å². The van der Waals surface area contributed by atoms with Crippen molar-refractivity contribution in [2.45, 2.75) is 32.0 Å². The molecule has 0 atom stereocenters. The molecule has 1 saturated heterocycles. The van der Waals surface area contributed by atoms with Gasteiger partial charge in [0.1, 0.15) is 17.7 Å². The number of alkyl carbamates (subject to hydrolysis) is 1. The molecule has 8 nitrogen and oxygen atoms in total. The Labute approximate surface area is 229 Å². The highest BCUT2D eigenvalue weighted by Gasteiger charge is 2.24. The molecule has 0 bridgehead atoms. The molecule has 38 heavy (non-hydrogen) atoms. The van der Waals surface area contributed by atoms with Gasteiger partial charge >= 0.3 is 6.09 Å². The number of fused-ring (bicyclic) bond motifs is 1. The highest BCUT2D eigenvalue weighted by molar-refractivity contribution is 6.31. The lowest BCUT2D eigenvalue weighted by molar-refractivity contribution is 0.0828. The van der Waals surface area contributed by atoms with Crippen molar-refractivity contribution in [1.29, 1.82) is 0 Å². The van der Waals surface area contributed by atoms with Crippen LogP contribution >= 0.6 is 23.2 Å². The average Bonchev–Trinajstić information content (AvgIpc) is 2.92. The van der Waals surface area contributed by atoms with Crippen molar-refractivity contribution in [1.82, 2.24) is 20.3 Å². The summed E-state index contributed by atoms with van der Waals surface area (Å²) in [5.41, 5.74) is 2.36. The third kappa shape index (κ3) is 6.23. The monoisotopic (exact) mass is 554 g/mol. The van der Waals surface area contributed by atoms with Crippen molar-refractivity contribution in [2.75, 3.05) is 23.3 Å². The smallest absolute Gasteiger partial charge is 0.407 e. The van der Waals surface area contributed by atoms with Gasteiger partial charge in [-0.3, -0.25) is 0 Å². The lowest BCUT2D eigenvalue weighted by Crippen LogP contribution is -2.40. The van der Waals surface area contributed by atoms with E-state index in [4.69, 9.17) is 27.9 Å². The van der Waals surface area contributed by atoms with Crippen molar-refractivity contribution >= 4 is 52.0 Å². The molecular weight excluding hydrogens is 530 g/mol. The number of amides is 1. The first kappa shape index (κ1) is 25.9. The van der Waals surface area contributed by atoms with Gasteiger partial charge in [0.2, 0.25) is 5.95 Å². The third-order valence-corrected chi connectivity index (χ3v) is 7.06. The lowest BCUT2D eigenvalue weighted by Gasteiger charge is -2.32. The minimum absolute atomic E-state index is 0.159. The minimum Gasteiger partial charge on any atom is -0.446 e. The largest absolute Gasteiger partial charge is 0.446 e.